The first kappa shape index (κ1) is 22.3. The molecule has 160 valence electrons. The molecule has 30 heavy (non-hydrogen) atoms. The minimum Gasteiger partial charge on any atom is -0.325 e. The number of aryl methyl sites for hydroxylation is 2. The fraction of sp³-hybridized carbons (Fsp3) is 0.429. The average Bonchev–Trinajstić information content (AvgIpc) is 3.00. The van der Waals surface area contributed by atoms with Crippen molar-refractivity contribution in [3.63, 3.8) is 0 Å². The third kappa shape index (κ3) is 3.96. The number of fused-ring (bicyclic) bond motifs is 1. The summed E-state index contributed by atoms with van der Waals surface area (Å²) in [4.78, 5) is 43.7. The molecule has 0 unspecified atom stereocenters. The molecule has 0 atom stereocenters. The molecule has 0 radical (unpaired) electrons. The molecule has 2 heterocycles. The molecule has 9 heteroatoms. The maximum absolute atomic E-state index is 13.3. The Kier molecular flexibility index (Phi) is 5.98. The lowest BCUT2D eigenvalue weighted by Gasteiger charge is -2.18. The SMILES string of the molecule is CCc1nc2c(c(=O)n(Cc3ccc(Cl)c(Cl)c3)c(=O)n2CC(=O)C(C)(C)C)n1C. The largest absolute Gasteiger partial charge is 0.333 e. The molecule has 0 saturated carbocycles. The van der Waals surface area contributed by atoms with Gasteiger partial charge in [0.25, 0.3) is 5.56 Å². The van der Waals surface area contributed by atoms with Crippen LogP contribution in [0, 0.1) is 5.41 Å². The Labute approximate surface area is 183 Å². The number of aromatic nitrogens is 4. The highest BCUT2D eigenvalue weighted by Gasteiger charge is 2.26. The van der Waals surface area contributed by atoms with Crippen LogP contribution in [0.5, 0.6) is 0 Å². The number of rotatable bonds is 5. The topological polar surface area (TPSA) is 78.9 Å². The highest BCUT2D eigenvalue weighted by Crippen LogP contribution is 2.23. The van der Waals surface area contributed by atoms with Gasteiger partial charge in [-0.25, -0.2) is 9.78 Å². The number of ketones is 1. The summed E-state index contributed by atoms with van der Waals surface area (Å²) in [7, 11) is 1.74. The summed E-state index contributed by atoms with van der Waals surface area (Å²) in [5.74, 6) is 0.528. The Morgan fingerprint density at radius 1 is 1.10 bits per heavy atom. The van der Waals surface area contributed by atoms with E-state index >= 15 is 0 Å². The molecular formula is C21H24Cl2N4O3. The zero-order valence-corrected chi connectivity index (χ0v) is 19.1. The molecule has 0 N–H and O–H groups in total. The Morgan fingerprint density at radius 2 is 1.77 bits per heavy atom. The van der Waals surface area contributed by atoms with E-state index in [0.29, 0.717) is 27.9 Å². The first-order valence-electron chi connectivity index (χ1n) is 9.61. The van der Waals surface area contributed by atoms with E-state index in [-0.39, 0.29) is 30.0 Å². The lowest BCUT2D eigenvalue weighted by Crippen LogP contribution is -2.42. The molecule has 0 saturated heterocycles. The highest BCUT2D eigenvalue weighted by molar-refractivity contribution is 6.42. The fourth-order valence-corrected chi connectivity index (χ4v) is 3.53. The van der Waals surface area contributed by atoms with Crippen LogP contribution in [0.2, 0.25) is 10.0 Å². The number of Topliss-reactive ketones (excluding diaryl/α,β-unsaturated/α-hetero) is 1. The van der Waals surface area contributed by atoms with Crippen molar-refractivity contribution in [3.05, 3.63) is 60.5 Å². The van der Waals surface area contributed by atoms with Crippen LogP contribution in [0.1, 0.15) is 39.1 Å². The number of imidazole rings is 1. The molecule has 0 bridgehead atoms. The van der Waals surface area contributed by atoms with Crippen LogP contribution < -0.4 is 11.2 Å². The van der Waals surface area contributed by atoms with Crippen molar-refractivity contribution >= 4 is 40.1 Å². The van der Waals surface area contributed by atoms with Crippen molar-refractivity contribution < 1.29 is 4.79 Å². The van der Waals surface area contributed by atoms with Gasteiger partial charge in [-0.15, -0.1) is 0 Å². The molecule has 0 spiro atoms. The molecule has 0 aliphatic carbocycles. The van der Waals surface area contributed by atoms with E-state index in [1.165, 1.54) is 4.57 Å². The summed E-state index contributed by atoms with van der Waals surface area (Å²) in [6.07, 6.45) is 0.582. The molecule has 0 fully saturated rings. The number of carbonyl (C=O) groups excluding carboxylic acids is 1. The van der Waals surface area contributed by atoms with E-state index in [0.717, 1.165) is 4.57 Å². The average molecular weight is 451 g/mol. The van der Waals surface area contributed by atoms with Gasteiger partial charge < -0.3 is 4.57 Å². The summed E-state index contributed by atoms with van der Waals surface area (Å²) < 4.78 is 4.08. The van der Waals surface area contributed by atoms with Gasteiger partial charge in [-0.3, -0.25) is 18.7 Å². The van der Waals surface area contributed by atoms with Crippen molar-refractivity contribution in [1.29, 1.82) is 0 Å². The van der Waals surface area contributed by atoms with Gasteiger partial charge in [0.2, 0.25) is 0 Å². The molecule has 2 aromatic heterocycles. The van der Waals surface area contributed by atoms with Gasteiger partial charge in [-0.05, 0) is 17.7 Å². The normalized spacial score (nSPS) is 12.0. The third-order valence-electron chi connectivity index (χ3n) is 5.11. The standard InChI is InChI=1S/C21H24Cl2N4O3/c1-6-16-24-18-17(25(16)5)19(29)27(10-12-7-8-13(22)14(23)9-12)20(30)26(18)11-15(28)21(2,3)4/h7-9H,6,10-11H2,1-5H3. The summed E-state index contributed by atoms with van der Waals surface area (Å²) in [5.41, 5.74) is -0.527. The van der Waals surface area contributed by atoms with E-state index < -0.39 is 16.7 Å². The number of benzene rings is 1. The van der Waals surface area contributed by atoms with E-state index in [4.69, 9.17) is 23.2 Å². The molecular weight excluding hydrogens is 427 g/mol. The predicted octanol–water partition coefficient (Wildman–Crippen LogP) is 3.43. The second-order valence-corrected chi connectivity index (χ2v) is 9.11. The van der Waals surface area contributed by atoms with Crippen molar-refractivity contribution in [2.24, 2.45) is 12.5 Å². The van der Waals surface area contributed by atoms with E-state index in [9.17, 15) is 14.4 Å². The quantitative estimate of drug-likeness (QED) is 0.596. The van der Waals surface area contributed by atoms with E-state index in [1.54, 1.807) is 50.6 Å². The smallest absolute Gasteiger partial charge is 0.325 e. The van der Waals surface area contributed by atoms with Crippen molar-refractivity contribution in [2.75, 3.05) is 0 Å². The Morgan fingerprint density at radius 3 is 2.33 bits per heavy atom. The summed E-state index contributed by atoms with van der Waals surface area (Å²) in [5, 5.41) is 0.718. The van der Waals surface area contributed by atoms with Gasteiger partial charge in [-0.1, -0.05) is 57.0 Å². The molecule has 3 aromatic rings. The number of hydrogen-bond acceptors (Lipinski definition) is 4. The zero-order chi connectivity index (χ0) is 22.4. The van der Waals surface area contributed by atoms with Crippen LogP contribution >= 0.6 is 23.2 Å². The molecule has 3 rings (SSSR count). The van der Waals surface area contributed by atoms with Crippen molar-refractivity contribution in [2.45, 2.75) is 47.2 Å². The second-order valence-electron chi connectivity index (χ2n) is 8.29. The maximum atomic E-state index is 13.3. The molecule has 0 aliphatic heterocycles. The zero-order valence-electron chi connectivity index (χ0n) is 17.6. The van der Waals surface area contributed by atoms with Gasteiger partial charge >= 0.3 is 5.69 Å². The summed E-state index contributed by atoms with van der Waals surface area (Å²) in [6.45, 7) is 7.12. The van der Waals surface area contributed by atoms with Gasteiger partial charge in [0.15, 0.2) is 16.9 Å². The Balaban J connectivity index is 2.28. The summed E-state index contributed by atoms with van der Waals surface area (Å²) >= 11 is 12.1. The second kappa shape index (κ2) is 8.04. The minimum atomic E-state index is -0.640. The lowest BCUT2D eigenvalue weighted by molar-refractivity contribution is -0.126. The predicted molar refractivity (Wildman–Crippen MR) is 119 cm³/mol. The lowest BCUT2D eigenvalue weighted by atomic mass is 9.91. The highest BCUT2D eigenvalue weighted by atomic mass is 35.5. The third-order valence-corrected chi connectivity index (χ3v) is 5.85. The van der Waals surface area contributed by atoms with Crippen LogP contribution in [0.3, 0.4) is 0 Å². The van der Waals surface area contributed by atoms with Crippen molar-refractivity contribution in [1.82, 2.24) is 18.7 Å². The van der Waals surface area contributed by atoms with Gasteiger partial charge in [0.05, 0.1) is 23.1 Å². The number of hydrogen-bond donors (Lipinski definition) is 0. The molecule has 7 nitrogen and oxygen atoms in total. The van der Waals surface area contributed by atoms with Crippen molar-refractivity contribution in [3.8, 4) is 0 Å². The van der Waals surface area contributed by atoms with E-state index in [2.05, 4.69) is 4.98 Å². The number of carbonyl (C=O) groups is 1. The number of halogens is 2. The monoisotopic (exact) mass is 450 g/mol. The molecule has 1 aromatic carbocycles. The maximum Gasteiger partial charge on any atom is 0.333 e. The molecule has 0 aliphatic rings. The van der Waals surface area contributed by atoms with Gasteiger partial charge in [0.1, 0.15) is 5.82 Å². The van der Waals surface area contributed by atoms with E-state index in [1.807, 2.05) is 6.92 Å². The Bertz CT molecular complexity index is 1260. The van der Waals surface area contributed by atoms with Crippen LogP contribution in [0.25, 0.3) is 11.2 Å². The van der Waals surface area contributed by atoms with Crippen LogP contribution in [-0.4, -0.2) is 24.5 Å². The Hall–Kier alpha value is -2.38. The van der Waals surface area contributed by atoms with Crippen LogP contribution in [-0.2, 0) is 31.4 Å². The molecule has 0 amide bonds. The van der Waals surface area contributed by atoms with Crippen LogP contribution in [0.15, 0.2) is 27.8 Å². The number of nitrogens with zero attached hydrogens (tertiary/aromatic N) is 4. The van der Waals surface area contributed by atoms with Crippen LogP contribution in [0.4, 0.5) is 0 Å². The first-order chi connectivity index (χ1) is 14.0. The fourth-order valence-electron chi connectivity index (χ4n) is 3.21. The summed E-state index contributed by atoms with van der Waals surface area (Å²) in [6, 6.07) is 4.94. The minimum absolute atomic E-state index is 0.000836. The van der Waals surface area contributed by atoms with Gasteiger partial charge in [-0.2, -0.15) is 0 Å². The first-order valence-corrected chi connectivity index (χ1v) is 10.4. The van der Waals surface area contributed by atoms with Gasteiger partial charge in [0, 0.05) is 18.9 Å².